The van der Waals surface area contributed by atoms with Gasteiger partial charge in [-0.25, -0.2) is 0 Å². The van der Waals surface area contributed by atoms with E-state index in [9.17, 15) is 9.90 Å². The monoisotopic (exact) mass is 215 g/mol. The topological polar surface area (TPSA) is 83.6 Å². The van der Waals surface area contributed by atoms with Crippen LogP contribution in [0.15, 0.2) is 18.2 Å². The average molecular weight is 216 g/mol. The van der Waals surface area contributed by atoms with Crippen molar-refractivity contribution < 1.29 is 15.0 Å². The molecule has 5 heteroatoms. The minimum Gasteiger partial charge on any atom is -0.508 e. The van der Waals surface area contributed by atoms with Gasteiger partial charge in [0.15, 0.2) is 0 Å². The maximum absolute atomic E-state index is 10.8. The maximum Gasteiger partial charge on any atom is 0.312 e. The van der Waals surface area contributed by atoms with Crippen LogP contribution in [0.3, 0.4) is 0 Å². The molecule has 0 amide bonds. The zero-order chi connectivity index (χ0) is 10.7. The zero-order valence-electron chi connectivity index (χ0n) is 7.27. The van der Waals surface area contributed by atoms with Gasteiger partial charge in [-0.15, -0.1) is 0 Å². The summed E-state index contributed by atoms with van der Waals surface area (Å²) in [6, 6.07) is 4.15. The molecule has 0 aliphatic heterocycles. The standard InChI is InChI=1S/C9H10ClNO3/c10-8-2-1-5(12)3-6(8)7(4-11)9(13)14/h1-3,7,12H,4,11H2,(H,13,14). The Labute approximate surface area is 85.9 Å². The van der Waals surface area contributed by atoms with Crippen LogP contribution in [0, 0.1) is 0 Å². The Morgan fingerprint density at radius 2 is 2.21 bits per heavy atom. The third-order valence-corrected chi connectivity index (χ3v) is 2.23. The third-order valence-electron chi connectivity index (χ3n) is 1.89. The fraction of sp³-hybridized carbons (Fsp3) is 0.222. The van der Waals surface area contributed by atoms with E-state index in [1.54, 1.807) is 0 Å². The molecule has 1 aromatic rings. The van der Waals surface area contributed by atoms with Crippen molar-refractivity contribution in [2.45, 2.75) is 5.92 Å². The van der Waals surface area contributed by atoms with Gasteiger partial charge in [0, 0.05) is 11.6 Å². The molecule has 1 atom stereocenters. The predicted octanol–water partition coefficient (Wildman–Crippen LogP) is 1.17. The molecule has 0 aliphatic rings. The number of phenols is 1. The number of nitrogens with two attached hydrogens (primary N) is 1. The van der Waals surface area contributed by atoms with Crippen LogP contribution in [0.2, 0.25) is 5.02 Å². The number of phenolic OH excluding ortho intramolecular Hbond substituents is 1. The van der Waals surface area contributed by atoms with Crippen LogP contribution in [-0.4, -0.2) is 22.7 Å². The van der Waals surface area contributed by atoms with Gasteiger partial charge >= 0.3 is 5.97 Å². The van der Waals surface area contributed by atoms with Crippen LogP contribution in [0.5, 0.6) is 5.75 Å². The van der Waals surface area contributed by atoms with E-state index >= 15 is 0 Å². The largest absolute Gasteiger partial charge is 0.508 e. The highest BCUT2D eigenvalue weighted by molar-refractivity contribution is 6.31. The molecule has 0 aromatic heterocycles. The van der Waals surface area contributed by atoms with Crippen LogP contribution in [0.25, 0.3) is 0 Å². The molecular weight excluding hydrogens is 206 g/mol. The van der Waals surface area contributed by atoms with Gasteiger partial charge < -0.3 is 15.9 Å². The second-order valence-corrected chi connectivity index (χ2v) is 3.24. The Morgan fingerprint density at radius 3 is 2.71 bits per heavy atom. The summed E-state index contributed by atoms with van der Waals surface area (Å²) in [7, 11) is 0. The predicted molar refractivity (Wildman–Crippen MR) is 52.5 cm³/mol. The first-order chi connectivity index (χ1) is 6.56. The molecule has 4 nitrogen and oxygen atoms in total. The average Bonchev–Trinajstić information content (AvgIpc) is 2.11. The van der Waals surface area contributed by atoms with E-state index in [1.165, 1.54) is 18.2 Å². The van der Waals surface area contributed by atoms with Crippen LogP contribution in [0.1, 0.15) is 11.5 Å². The molecule has 0 fully saturated rings. The lowest BCUT2D eigenvalue weighted by Crippen LogP contribution is -2.21. The van der Waals surface area contributed by atoms with Crippen molar-refractivity contribution >= 4 is 17.6 Å². The van der Waals surface area contributed by atoms with Gasteiger partial charge in [0.1, 0.15) is 5.75 Å². The van der Waals surface area contributed by atoms with Gasteiger partial charge in [-0.2, -0.15) is 0 Å². The summed E-state index contributed by atoms with van der Waals surface area (Å²) in [6.07, 6.45) is 0. The van der Waals surface area contributed by atoms with E-state index < -0.39 is 11.9 Å². The minimum absolute atomic E-state index is 0.0240. The summed E-state index contributed by atoms with van der Waals surface area (Å²) >= 11 is 5.78. The lowest BCUT2D eigenvalue weighted by atomic mass is 9.99. The normalized spacial score (nSPS) is 12.4. The fourth-order valence-electron chi connectivity index (χ4n) is 1.16. The van der Waals surface area contributed by atoms with Crippen molar-refractivity contribution in [1.82, 2.24) is 0 Å². The van der Waals surface area contributed by atoms with Gasteiger partial charge in [-0.05, 0) is 23.8 Å². The number of carboxylic acid groups (broad SMARTS) is 1. The number of carboxylic acids is 1. The van der Waals surface area contributed by atoms with E-state index in [2.05, 4.69) is 0 Å². The second-order valence-electron chi connectivity index (χ2n) is 2.83. The molecule has 76 valence electrons. The smallest absolute Gasteiger partial charge is 0.312 e. The number of halogens is 1. The van der Waals surface area contributed by atoms with Crippen LogP contribution < -0.4 is 5.73 Å². The van der Waals surface area contributed by atoms with Crippen LogP contribution in [-0.2, 0) is 4.79 Å². The Balaban J connectivity index is 3.15. The SMILES string of the molecule is NCC(C(=O)O)c1cc(O)ccc1Cl. The van der Waals surface area contributed by atoms with Gasteiger partial charge in [0.2, 0.25) is 0 Å². The Hall–Kier alpha value is -1.26. The van der Waals surface area contributed by atoms with E-state index in [4.69, 9.17) is 22.4 Å². The summed E-state index contributed by atoms with van der Waals surface area (Å²) in [5.41, 5.74) is 5.64. The van der Waals surface area contributed by atoms with Crippen molar-refractivity contribution in [1.29, 1.82) is 0 Å². The number of aliphatic carboxylic acids is 1. The highest BCUT2D eigenvalue weighted by Gasteiger charge is 2.20. The van der Waals surface area contributed by atoms with Crippen LogP contribution >= 0.6 is 11.6 Å². The highest BCUT2D eigenvalue weighted by Crippen LogP contribution is 2.27. The van der Waals surface area contributed by atoms with Gasteiger partial charge in [0.25, 0.3) is 0 Å². The van der Waals surface area contributed by atoms with Crippen molar-refractivity contribution in [2.24, 2.45) is 5.73 Å². The third kappa shape index (κ3) is 2.16. The molecular formula is C9H10ClNO3. The molecule has 14 heavy (non-hydrogen) atoms. The fourth-order valence-corrected chi connectivity index (χ4v) is 1.41. The van der Waals surface area contributed by atoms with Crippen molar-refractivity contribution in [2.75, 3.05) is 6.54 Å². The lowest BCUT2D eigenvalue weighted by molar-refractivity contribution is -0.138. The second kappa shape index (κ2) is 4.30. The molecule has 0 aliphatic carbocycles. The number of rotatable bonds is 3. The maximum atomic E-state index is 10.8. The number of carbonyl (C=O) groups is 1. The Kier molecular flexibility index (Phi) is 3.33. The number of hydrogen-bond donors (Lipinski definition) is 3. The van der Waals surface area contributed by atoms with E-state index in [0.29, 0.717) is 10.6 Å². The zero-order valence-corrected chi connectivity index (χ0v) is 8.03. The lowest BCUT2D eigenvalue weighted by Gasteiger charge is -2.11. The van der Waals surface area contributed by atoms with Gasteiger partial charge in [-0.1, -0.05) is 11.6 Å². The van der Waals surface area contributed by atoms with Crippen molar-refractivity contribution in [3.05, 3.63) is 28.8 Å². The number of aromatic hydroxyl groups is 1. The highest BCUT2D eigenvalue weighted by atomic mass is 35.5. The molecule has 0 saturated heterocycles. The number of benzene rings is 1. The van der Waals surface area contributed by atoms with Gasteiger partial charge in [0.05, 0.1) is 5.92 Å². The van der Waals surface area contributed by atoms with E-state index in [0.717, 1.165) is 0 Å². The summed E-state index contributed by atoms with van der Waals surface area (Å²) in [5, 5.41) is 18.3. The van der Waals surface area contributed by atoms with E-state index in [-0.39, 0.29) is 12.3 Å². The molecule has 1 rings (SSSR count). The molecule has 0 bridgehead atoms. The molecule has 0 saturated carbocycles. The summed E-state index contributed by atoms with van der Waals surface area (Å²) in [4.78, 5) is 10.8. The molecule has 0 radical (unpaired) electrons. The first kappa shape index (κ1) is 10.8. The Morgan fingerprint density at radius 1 is 1.57 bits per heavy atom. The number of hydrogen-bond acceptors (Lipinski definition) is 3. The molecule has 1 aromatic carbocycles. The summed E-state index contributed by atoms with van der Waals surface area (Å²) < 4.78 is 0. The first-order valence-corrected chi connectivity index (χ1v) is 4.35. The van der Waals surface area contributed by atoms with Crippen molar-refractivity contribution in [3.8, 4) is 5.75 Å². The molecule has 1 unspecified atom stereocenters. The quantitative estimate of drug-likeness (QED) is 0.707. The molecule has 0 spiro atoms. The summed E-state index contributed by atoms with van der Waals surface area (Å²) in [6.45, 7) is -0.0570. The van der Waals surface area contributed by atoms with Crippen molar-refractivity contribution in [3.63, 3.8) is 0 Å². The molecule has 0 heterocycles. The Bertz CT molecular complexity index is 354. The summed E-state index contributed by atoms with van der Waals surface area (Å²) in [5.74, 6) is -1.96. The molecule has 4 N–H and O–H groups in total. The minimum atomic E-state index is -1.06. The van der Waals surface area contributed by atoms with Crippen LogP contribution in [0.4, 0.5) is 0 Å². The first-order valence-electron chi connectivity index (χ1n) is 3.97. The van der Waals surface area contributed by atoms with E-state index in [1.807, 2.05) is 0 Å². The van der Waals surface area contributed by atoms with Gasteiger partial charge in [-0.3, -0.25) is 4.79 Å².